The van der Waals surface area contributed by atoms with Crippen molar-refractivity contribution < 1.29 is 9.18 Å². The van der Waals surface area contributed by atoms with Gasteiger partial charge in [0.2, 0.25) is 0 Å². The number of nitrogens with zero attached hydrogens (tertiary/aromatic N) is 1. The maximum absolute atomic E-state index is 13.0. The second kappa shape index (κ2) is 9.18. The minimum absolute atomic E-state index is 0.0271. The molecule has 5 heteroatoms. The molecule has 2 aromatic rings. The van der Waals surface area contributed by atoms with Crippen LogP contribution in [0.5, 0.6) is 0 Å². The smallest absolute Gasteiger partial charge is 0.263 e. The Hall–Kier alpha value is -3.13. The van der Waals surface area contributed by atoms with Crippen molar-refractivity contribution in [2.24, 2.45) is 0 Å². The predicted octanol–water partition coefficient (Wildman–Crippen LogP) is 4.79. The molecule has 144 valence electrons. The molecule has 0 aliphatic heterocycles. The predicted molar refractivity (Wildman–Crippen MR) is 108 cm³/mol. The van der Waals surface area contributed by atoms with E-state index in [0.29, 0.717) is 5.69 Å². The maximum atomic E-state index is 13.0. The molecule has 0 saturated heterocycles. The van der Waals surface area contributed by atoms with Gasteiger partial charge in [0, 0.05) is 11.9 Å². The minimum atomic E-state index is -0.429. The number of amides is 1. The summed E-state index contributed by atoms with van der Waals surface area (Å²) >= 11 is 0. The number of hydrogen-bond acceptors (Lipinski definition) is 3. The molecule has 0 bridgehead atoms. The monoisotopic (exact) mass is 377 g/mol. The number of carbonyl (C=O) groups excluding carboxylic acids is 1. The van der Waals surface area contributed by atoms with Crippen LogP contribution >= 0.6 is 0 Å². The number of anilines is 1. The summed E-state index contributed by atoms with van der Waals surface area (Å²) in [4.78, 5) is 12.6. The second-order valence-electron chi connectivity index (χ2n) is 6.99. The number of hydrogen-bond donors (Lipinski definition) is 2. The van der Waals surface area contributed by atoms with Crippen LogP contribution in [0.2, 0.25) is 0 Å². The zero-order valence-electron chi connectivity index (χ0n) is 16.0. The van der Waals surface area contributed by atoms with Crippen LogP contribution in [-0.2, 0) is 17.6 Å². The first-order chi connectivity index (χ1) is 13.6. The van der Waals surface area contributed by atoms with Gasteiger partial charge >= 0.3 is 0 Å². The molecular weight excluding hydrogens is 353 g/mol. The van der Waals surface area contributed by atoms with E-state index in [1.54, 1.807) is 12.1 Å². The standard InChI is InChI=1S/C23H24FN3O/c1-2-22(18-8-7-16-5-3-4-6-17(16)13-18)27-23(28)19(14-25)15-26-21-11-9-20(24)10-12-21/h7-13,15,22,26H,2-6H2,1H3,(H,27,28)/b19-15-. The molecule has 2 aromatic carbocycles. The van der Waals surface area contributed by atoms with Gasteiger partial charge in [-0.25, -0.2) is 4.39 Å². The molecule has 1 amide bonds. The van der Waals surface area contributed by atoms with Crippen LogP contribution < -0.4 is 10.6 Å². The quantitative estimate of drug-likeness (QED) is 0.562. The van der Waals surface area contributed by atoms with Crippen LogP contribution in [0, 0.1) is 17.1 Å². The van der Waals surface area contributed by atoms with Gasteiger partial charge < -0.3 is 10.6 Å². The molecule has 28 heavy (non-hydrogen) atoms. The summed E-state index contributed by atoms with van der Waals surface area (Å²) in [6, 6.07) is 13.9. The highest BCUT2D eigenvalue weighted by molar-refractivity contribution is 5.97. The molecule has 1 unspecified atom stereocenters. The number of benzene rings is 2. The Balaban J connectivity index is 1.70. The fourth-order valence-corrected chi connectivity index (χ4v) is 3.48. The van der Waals surface area contributed by atoms with E-state index in [1.165, 1.54) is 42.3 Å². The van der Waals surface area contributed by atoms with Crippen molar-refractivity contribution in [2.75, 3.05) is 5.32 Å². The third-order valence-corrected chi connectivity index (χ3v) is 5.08. The fourth-order valence-electron chi connectivity index (χ4n) is 3.48. The molecule has 0 heterocycles. The van der Waals surface area contributed by atoms with Crippen molar-refractivity contribution in [3.8, 4) is 6.07 Å². The minimum Gasteiger partial charge on any atom is -0.360 e. The van der Waals surface area contributed by atoms with Crippen LogP contribution in [-0.4, -0.2) is 5.91 Å². The Morgan fingerprint density at radius 2 is 1.89 bits per heavy atom. The van der Waals surface area contributed by atoms with E-state index in [4.69, 9.17) is 0 Å². The summed E-state index contributed by atoms with van der Waals surface area (Å²) in [5, 5.41) is 15.2. The summed E-state index contributed by atoms with van der Waals surface area (Å²) < 4.78 is 13.0. The number of fused-ring (bicyclic) bond motifs is 1. The molecule has 0 radical (unpaired) electrons. The normalized spacial score (nSPS) is 14.5. The molecule has 0 saturated carbocycles. The van der Waals surface area contributed by atoms with E-state index < -0.39 is 5.91 Å². The van der Waals surface area contributed by atoms with Gasteiger partial charge in [-0.05, 0) is 73.1 Å². The SMILES string of the molecule is CCC(NC(=O)/C(C#N)=C\Nc1ccc(F)cc1)c1ccc2c(c1)CCCC2. The van der Waals surface area contributed by atoms with Crippen LogP contribution in [0.25, 0.3) is 0 Å². The third kappa shape index (κ3) is 4.77. The highest BCUT2D eigenvalue weighted by Gasteiger charge is 2.18. The summed E-state index contributed by atoms with van der Waals surface area (Å²) in [6.45, 7) is 2.01. The van der Waals surface area contributed by atoms with Crippen LogP contribution in [0.3, 0.4) is 0 Å². The van der Waals surface area contributed by atoms with Gasteiger partial charge in [-0.3, -0.25) is 4.79 Å². The van der Waals surface area contributed by atoms with Crippen molar-refractivity contribution in [3.05, 3.63) is 76.7 Å². The maximum Gasteiger partial charge on any atom is 0.263 e. The van der Waals surface area contributed by atoms with Crippen molar-refractivity contribution in [1.82, 2.24) is 5.32 Å². The lowest BCUT2D eigenvalue weighted by Gasteiger charge is -2.21. The molecule has 1 atom stereocenters. The largest absolute Gasteiger partial charge is 0.360 e. The molecule has 0 spiro atoms. The Bertz CT molecular complexity index is 912. The third-order valence-electron chi connectivity index (χ3n) is 5.08. The van der Waals surface area contributed by atoms with Crippen molar-refractivity contribution in [3.63, 3.8) is 0 Å². The van der Waals surface area contributed by atoms with Gasteiger partial charge in [0.05, 0.1) is 6.04 Å². The molecular formula is C23H24FN3O. The van der Waals surface area contributed by atoms with Gasteiger partial charge in [0.15, 0.2) is 0 Å². The van der Waals surface area contributed by atoms with Gasteiger partial charge in [-0.1, -0.05) is 25.1 Å². The number of rotatable bonds is 6. The molecule has 2 N–H and O–H groups in total. The summed E-state index contributed by atoms with van der Waals surface area (Å²) in [5.41, 5.74) is 4.41. The van der Waals surface area contributed by atoms with E-state index in [0.717, 1.165) is 24.8 Å². The number of halogens is 1. The first kappa shape index (κ1) is 19.6. The van der Waals surface area contributed by atoms with Crippen LogP contribution in [0.1, 0.15) is 48.9 Å². The van der Waals surface area contributed by atoms with Gasteiger partial charge in [0.1, 0.15) is 17.5 Å². The van der Waals surface area contributed by atoms with Gasteiger partial charge in [-0.15, -0.1) is 0 Å². The summed E-state index contributed by atoms with van der Waals surface area (Å²) in [7, 11) is 0. The molecule has 3 rings (SSSR count). The van der Waals surface area contributed by atoms with E-state index >= 15 is 0 Å². The zero-order chi connectivity index (χ0) is 19.9. The van der Waals surface area contributed by atoms with Crippen molar-refractivity contribution >= 4 is 11.6 Å². The van der Waals surface area contributed by atoms with E-state index in [2.05, 4.69) is 28.8 Å². The highest BCUT2D eigenvalue weighted by atomic mass is 19.1. The average molecular weight is 377 g/mol. The number of aryl methyl sites for hydroxylation is 2. The zero-order valence-corrected chi connectivity index (χ0v) is 16.0. The Labute approximate surface area is 165 Å². The van der Waals surface area contributed by atoms with E-state index in [-0.39, 0.29) is 17.4 Å². The number of carbonyl (C=O) groups is 1. The number of nitriles is 1. The van der Waals surface area contributed by atoms with E-state index in [1.807, 2.05) is 13.0 Å². The Kier molecular flexibility index (Phi) is 6.44. The van der Waals surface area contributed by atoms with E-state index in [9.17, 15) is 14.4 Å². The lowest BCUT2D eigenvalue weighted by Crippen LogP contribution is -2.29. The van der Waals surface area contributed by atoms with Crippen molar-refractivity contribution in [1.29, 1.82) is 5.26 Å². The topological polar surface area (TPSA) is 64.9 Å². The summed E-state index contributed by atoms with van der Waals surface area (Å²) in [5.74, 6) is -0.773. The number of nitrogens with one attached hydrogen (secondary N) is 2. The van der Waals surface area contributed by atoms with Gasteiger partial charge in [-0.2, -0.15) is 5.26 Å². The Morgan fingerprint density at radius 1 is 1.18 bits per heavy atom. The van der Waals surface area contributed by atoms with Gasteiger partial charge in [0.25, 0.3) is 5.91 Å². The molecule has 0 fully saturated rings. The first-order valence-corrected chi connectivity index (χ1v) is 9.65. The van der Waals surface area contributed by atoms with Crippen LogP contribution in [0.15, 0.2) is 54.2 Å². The van der Waals surface area contributed by atoms with Crippen molar-refractivity contribution in [2.45, 2.75) is 45.1 Å². The first-order valence-electron chi connectivity index (χ1n) is 9.65. The van der Waals surface area contributed by atoms with Crippen LogP contribution in [0.4, 0.5) is 10.1 Å². The molecule has 4 nitrogen and oxygen atoms in total. The highest BCUT2D eigenvalue weighted by Crippen LogP contribution is 2.26. The molecule has 1 aliphatic carbocycles. The summed E-state index contributed by atoms with van der Waals surface area (Å²) in [6.07, 6.45) is 6.72. The molecule has 1 aliphatic rings. The average Bonchev–Trinajstić information content (AvgIpc) is 2.73. The Morgan fingerprint density at radius 3 is 2.57 bits per heavy atom. The molecule has 0 aromatic heterocycles. The second-order valence-corrected chi connectivity index (χ2v) is 6.99. The lowest BCUT2D eigenvalue weighted by atomic mass is 9.88. The fraction of sp³-hybridized carbons (Fsp3) is 0.304. The lowest BCUT2D eigenvalue weighted by molar-refractivity contribution is -0.117.